The number of carbonyl (C=O) groups is 1. The number of hydrogen-bond donors (Lipinski definition) is 3. The average Bonchev–Trinajstić information content (AvgIpc) is 2.53. The van der Waals surface area contributed by atoms with Crippen LogP contribution < -0.4 is 11.1 Å². The molecular weight excluding hydrogens is 300 g/mol. The van der Waals surface area contributed by atoms with Gasteiger partial charge < -0.3 is 10.8 Å². The first-order valence-electron chi connectivity index (χ1n) is 9.96. The molecule has 0 bridgehead atoms. The van der Waals surface area contributed by atoms with Gasteiger partial charge in [0.2, 0.25) is 5.91 Å². The van der Waals surface area contributed by atoms with Crippen molar-refractivity contribution >= 4 is 5.91 Å². The molecule has 142 valence electrons. The number of rotatable bonds is 17. The van der Waals surface area contributed by atoms with Crippen molar-refractivity contribution in [2.24, 2.45) is 5.73 Å². The second-order valence-electron chi connectivity index (χ2n) is 6.82. The lowest BCUT2D eigenvalue weighted by Crippen LogP contribution is -2.45. The largest absolute Gasteiger partial charge is 0.379 e. The van der Waals surface area contributed by atoms with Gasteiger partial charge in [-0.3, -0.25) is 10.1 Å². The summed E-state index contributed by atoms with van der Waals surface area (Å²) in [6, 6.07) is -0.415. The van der Waals surface area contributed by atoms with Crippen LogP contribution >= 0.6 is 0 Å². The summed E-state index contributed by atoms with van der Waals surface area (Å²) in [6.07, 6.45) is 19.7. The molecule has 0 rings (SSSR count). The highest BCUT2D eigenvalue weighted by atomic mass is 16.3. The number of carbonyl (C=O) groups excluding carboxylic acids is 1. The Balaban J connectivity index is 3.40. The standard InChI is InChI=1S/C20H40N2O2/c1-3-4-5-6-7-8-9-10-11-12-13-14-15-16-17-19(20(21)24)22-18(2)23/h10-11,18-19,22-23H,3-9,12-17H2,1-2H3,(H2,21,24)/b11-10-. The van der Waals surface area contributed by atoms with E-state index in [-0.39, 0.29) is 5.91 Å². The molecule has 0 saturated heterocycles. The van der Waals surface area contributed by atoms with Crippen LogP contribution in [0.2, 0.25) is 0 Å². The summed E-state index contributed by atoms with van der Waals surface area (Å²) in [5.74, 6) is -0.381. The van der Waals surface area contributed by atoms with Crippen molar-refractivity contribution in [3.05, 3.63) is 12.2 Å². The van der Waals surface area contributed by atoms with Gasteiger partial charge in [0.1, 0.15) is 6.23 Å². The van der Waals surface area contributed by atoms with Crippen LogP contribution in [-0.2, 0) is 4.79 Å². The monoisotopic (exact) mass is 340 g/mol. The average molecular weight is 341 g/mol. The smallest absolute Gasteiger partial charge is 0.234 e. The van der Waals surface area contributed by atoms with Gasteiger partial charge >= 0.3 is 0 Å². The van der Waals surface area contributed by atoms with Crippen LogP contribution in [0, 0.1) is 0 Å². The highest BCUT2D eigenvalue weighted by Gasteiger charge is 2.15. The van der Waals surface area contributed by atoms with E-state index in [1.54, 1.807) is 6.92 Å². The van der Waals surface area contributed by atoms with Crippen molar-refractivity contribution in [3.63, 3.8) is 0 Å². The maximum Gasteiger partial charge on any atom is 0.234 e. The second-order valence-corrected chi connectivity index (χ2v) is 6.82. The lowest BCUT2D eigenvalue weighted by Gasteiger charge is -2.17. The number of aliphatic hydroxyl groups is 1. The molecule has 0 spiro atoms. The zero-order valence-electron chi connectivity index (χ0n) is 15.9. The summed E-state index contributed by atoms with van der Waals surface area (Å²) < 4.78 is 0. The number of unbranched alkanes of at least 4 members (excludes halogenated alkanes) is 10. The number of aliphatic hydroxyl groups excluding tert-OH is 1. The van der Waals surface area contributed by atoms with Crippen LogP contribution in [0.1, 0.15) is 97.3 Å². The first kappa shape index (κ1) is 23.1. The van der Waals surface area contributed by atoms with Crippen LogP contribution in [0.25, 0.3) is 0 Å². The molecule has 0 aromatic carbocycles. The molecule has 0 aromatic rings. The number of nitrogens with two attached hydrogens (primary N) is 1. The molecule has 4 N–H and O–H groups in total. The molecule has 0 aliphatic heterocycles. The summed E-state index contributed by atoms with van der Waals surface area (Å²) in [6.45, 7) is 3.86. The minimum absolute atomic E-state index is 0.381. The minimum Gasteiger partial charge on any atom is -0.379 e. The molecule has 2 atom stereocenters. The quantitative estimate of drug-likeness (QED) is 0.208. The summed E-state index contributed by atoms with van der Waals surface area (Å²) in [5.41, 5.74) is 5.32. The molecule has 4 heteroatoms. The van der Waals surface area contributed by atoms with Crippen LogP contribution in [-0.4, -0.2) is 23.3 Å². The zero-order chi connectivity index (χ0) is 18.0. The highest BCUT2D eigenvalue weighted by Crippen LogP contribution is 2.10. The molecule has 0 aromatic heterocycles. The maximum atomic E-state index is 11.2. The Morgan fingerprint density at radius 3 is 1.96 bits per heavy atom. The van der Waals surface area contributed by atoms with Crippen molar-refractivity contribution < 1.29 is 9.90 Å². The summed E-state index contributed by atoms with van der Waals surface area (Å²) in [4.78, 5) is 11.2. The van der Waals surface area contributed by atoms with E-state index in [1.165, 1.54) is 57.8 Å². The molecule has 0 aliphatic carbocycles. The molecule has 0 heterocycles. The molecule has 0 aliphatic rings. The first-order valence-corrected chi connectivity index (χ1v) is 9.96. The maximum absolute atomic E-state index is 11.2. The first-order chi connectivity index (χ1) is 11.6. The van der Waals surface area contributed by atoms with Crippen molar-refractivity contribution in [2.75, 3.05) is 0 Å². The molecule has 1 amide bonds. The Hall–Kier alpha value is -0.870. The van der Waals surface area contributed by atoms with Gasteiger partial charge in [0.15, 0.2) is 0 Å². The number of hydrogen-bond acceptors (Lipinski definition) is 3. The lowest BCUT2D eigenvalue weighted by atomic mass is 10.1. The van der Waals surface area contributed by atoms with E-state index in [4.69, 9.17) is 5.73 Å². The molecule has 0 saturated carbocycles. The molecule has 4 nitrogen and oxygen atoms in total. The van der Waals surface area contributed by atoms with Crippen LogP contribution in [0.3, 0.4) is 0 Å². The normalized spacial score (nSPS) is 14.1. The molecule has 0 radical (unpaired) electrons. The summed E-state index contributed by atoms with van der Waals surface area (Å²) >= 11 is 0. The zero-order valence-corrected chi connectivity index (χ0v) is 15.9. The van der Waals surface area contributed by atoms with E-state index in [9.17, 15) is 9.90 Å². The number of primary amides is 1. The third-order valence-electron chi connectivity index (χ3n) is 4.29. The van der Waals surface area contributed by atoms with Gasteiger partial charge in [-0.05, 0) is 39.0 Å². The molecular formula is C20H40N2O2. The van der Waals surface area contributed by atoms with Gasteiger partial charge in [-0.25, -0.2) is 0 Å². The fourth-order valence-electron chi connectivity index (χ4n) is 2.84. The molecule has 2 unspecified atom stereocenters. The van der Waals surface area contributed by atoms with Crippen LogP contribution in [0.15, 0.2) is 12.2 Å². The van der Waals surface area contributed by atoms with Crippen LogP contribution in [0.5, 0.6) is 0 Å². The Morgan fingerprint density at radius 2 is 1.46 bits per heavy atom. The number of amides is 1. The number of nitrogens with one attached hydrogen (secondary N) is 1. The van der Waals surface area contributed by atoms with Gasteiger partial charge in [-0.2, -0.15) is 0 Å². The van der Waals surface area contributed by atoms with Crippen molar-refractivity contribution in [1.82, 2.24) is 5.32 Å². The third-order valence-corrected chi connectivity index (χ3v) is 4.29. The number of allylic oxidation sites excluding steroid dienone is 2. The van der Waals surface area contributed by atoms with Crippen LogP contribution in [0.4, 0.5) is 0 Å². The topological polar surface area (TPSA) is 75.3 Å². The van der Waals surface area contributed by atoms with Gasteiger partial charge in [0.25, 0.3) is 0 Å². The SMILES string of the molecule is CCCCCCCC/C=C\CCCCCCC(NC(C)O)C(N)=O. The van der Waals surface area contributed by atoms with E-state index in [1.807, 2.05) is 0 Å². The lowest BCUT2D eigenvalue weighted by molar-refractivity contribution is -0.121. The minimum atomic E-state index is -0.695. The van der Waals surface area contributed by atoms with E-state index in [2.05, 4.69) is 24.4 Å². The Kier molecular flexibility index (Phi) is 16.4. The van der Waals surface area contributed by atoms with E-state index in [0.29, 0.717) is 6.42 Å². The fourth-order valence-corrected chi connectivity index (χ4v) is 2.84. The summed E-state index contributed by atoms with van der Waals surface area (Å²) in [5, 5.41) is 12.1. The second kappa shape index (κ2) is 17.0. The third kappa shape index (κ3) is 16.0. The molecule has 0 fully saturated rings. The fraction of sp³-hybridized carbons (Fsp3) is 0.850. The molecule has 24 heavy (non-hydrogen) atoms. The van der Waals surface area contributed by atoms with Gasteiger partial charge in [-0.15, -0.1) is 0 Å². The highest BCUT2D eigenvalue weighted by molar-refractivity contribution is 5.79. The van der Waals surface area contributed by atoms with Gasteiger partial charge in [0, 0.05) is 0 Å². The van der Waals surface area contributed by atoms with Crippen molar-refractivity contribution in [2.45, 2.75) is 110 Å². The van der Waals surface area contributed by atoms with Crippen molar-refractivity contribution in [3.8, 4) is 0 Å². The Bertz CT molecular complexity index is 317. The summed E-state index contributed by atoms with van der Waals surface area (Å²) in [7, 11) is 0. The van der Waals surface area contributed by atoms with Gasteiger partial charge in [-0.1, -0.05) is 70.4 Å². The van der Waals surface area contributed by atoms with E-state index < -0.39 is 12.3 Å². The van der Waals surface area contributed by atoms with E-state index in [0.717, 1.165) is 19.3 Å². The predicted octanol–water partition coefficient (Wildman–Crippen LogP) is 4.42. The Morgan fingerprint density at radius 1 is 0.958 bits per heavy atom. The van der Waals surface area contributed by atoms with Crippen molar-refractivity contribution in [1.29, 1.82) is 0 Å². The Labute approximate surface area is 149 Å². The predicted molar refractivity (Wildman–Crippen MR) is 103 cm³/mol. The van der Waals surface area contributed by atoms with Gasteiger partial charge in [0.05, 0.1) is 6.04 Å². The van der Waals surface area contributed by atoms with E-state index >= 15 is 0 Å².